The van der Waals surface area contributed by atoms with Crippen molar-refractivity contribution in [2.75, 3.05) is 6.54 Å². The summed E-state index contributed by atoms with van der Waals surface area (Å²) in [5.41, 5.74) is 0.214. The third-order valence-electron chi connectivity index (χ3n) is 4.89. The highest BCUT2D eigenvalue weighted by molar-refractivity contribution is 5.26. The van der Waals surface area contributed by atoms with Gasteiger partial charge in [0.15, 0.2) is 17.5 Å². The molecular weight excluding hydrogens is 275 g/mol. The first-order valence-electron chi connectivity index (χ1n) is 7.92. The molecule has 1 saturated carbocycles. The van der Waals surface area contributed by atoms with E-state index in [0.29, 0.717) is 0 Å². The van der Waals surface area contributed by atoms with Gasteiger partial charge in [0.1, 0.15) is 0 Å². The molecule has 1 nitrogen and oxygen atoms in total. The van der Waals surface area contributed by atoms with Crippen molar-refractivity contribution in [1.82, 2.24) is 5.32 Å². The van der Waals surface area contributed by atoms with Gasteiger partial charge >= 0.3 is 0 Å². The summed E-state index contributed by atoms with van der Waals surface area (Å²) >= 11 is 0. The number of nitrogens with one attached hydrogen (secondary N) is 1. The molecular formula is C17H24F3N. The van der Waals surface area contributed by atoms with Crippen LogP contribution in [-0.2, 0) is 0 Å². The molecule has 1 aromatic rings. The van der Waals surface area contributed by atoms with Gasteiger partial charge in [-0.3, -0.25) is 0 Å². The van der Waals surface area contributed by atoms with Crippen LogP contribution in [0.4, 0.5) is 13.2 Å². The highest BCUT2D eigenvalue weighted by Crippen LogP contribution is 2.50. The lowest BCUT2D eigenvalue weighted by molar-refractivity contribution is 0.182. The molecule has 1 fully saturated rings. The average Bonchev–Trinajstić information content (AvgIpc) is 2.97. The summed E-state index contributed by atoms with van der Waals surface area (Å²) in [4.78, 5) is 0. The normalized spacial score (nSPS) is 18.9. The van der Waals surface area contributed by atoms with Crippen molar-refractivity contribution in [3.8, 4) is 0 Å². The second kappa shape index (κ2) is 6.82. The van der Waals surface area contributed by atoms with E-state index >= 15 is 0 Å². The molecule has 1 aromatic carbocycles. The fourth-order valence-corrected chi connectivity index (χ4v) is 3.63. The minimum absolute atomic E-state index is 0.0553. The zero-order valence-electron chi connectivity index (χ0n) is 12.8. The predicted molar refractivity (Wildman–Crippen MR) is 78.5 cm³/mol. The van der Waals surface area contributed by atoms with E-state index in [9.17, 15) is 13.2 Å². The summed E-state index contributed by atoms with van der Waals surface area (Å²) in [6.07, 6.45) is 6.06. The number of hydrogen-bond acceptors (Lipinski definition) is 1. The first-order chi connectivity index (χ1) is 10.1. The summed E-state index contributed by atoms with van der Waals surface area (Å²) in [5, 5.41) is 3.38. The smallest absolute Gasteiger partial charge is 0.194 e. The Kier molecular flexibility index (Phi) is 5.31. The maximum atomic E-state index is 14.2. The van der Waals surface area contributed by atoms with Gasteiger partial charge in [0, 0.05) is 11.6 Å². The van der Waals surface area contributed by atoms with Gasteiger partial charge in [-0.1, -0.05) is 32.8 Å². The molecule has 1 aliphatic carbocycles. The van der Waals surface area contributed by atoms with E-state index in [-0.39, 0.29) is 17.0 Å². The Bertz CT molecular complexity index is 481. The Balaban J connectivity index is 2.42. The van der Waals surface area contributed by atoms with E-state index in [1.165, 1.54) is 6.07 Å². The lowest BCUT2D eigenvalue weighted by atomic mass is 9.73. The number of rotatable bonds is 6. The van der Waals surface area contributed by atoms with Crippen LogP contribution in [-0.4, -0.2) is 6.54 Å². The molecule has 0 aromatic heterocycles. The lowest BCUT2D eigenvalue weighted by Gasteiger charge is -2.38. The Hall–Kier alpha value is -1.03. The largest absolute Gasteiger partial charge is 0.309 e. The molecule has 1 atom stereocenters. The molecule has 2 rings (SSSR count). The number of hydrogen-bond donors (Lipinski definition) is 1. The van der Waals surface area contributed by atoms with Gasteiger partial charge in [-0.15, -0.1) is 0 Å². The quantitative estimate of drug-likeness (QED) is 0.719. The van der Waals surface area contributed by atoms with Crippen LogP contribution in [0.3, 0.4) is 0 Å². The van der Waals surface area contributed by atoms with E-state index in [0.717, 1.165) is 51.1 Å². The maximum Gasteiger partial charge on any atom is 0.194 e. The van der Waals surface area contributed by atoms with E-state index in [4.69, 9.17) is 0 Å². The fraction of sp³-hybridized carbons (Fsp3) is 0.647. The van der Waals surface area contributed by atoms with Crippen LogP contribution in [0.1, 0.15) is 64.0 Å². The summed E-state index contributed by atoms with van der Waals surface area (Å²) in [5.74, 6) is -3.52. The van der Waals surface area contributed by atoms with Gasteiger partial charge in [0.2, 0.25) is 0 Å². The van der Waals surface area contributed by atoms with E-state index in [1.54, 1.807) is 0 Å². The predicted octanol–water partition coefficient (Wildman–Crippen LogP) is 5.12. The third kappa shape index (κ3) is 3.10. The minimum atomic E-state index is -1.36. The SMILES string of the molecule is CCCNC(c1ccc(F)c(F)c1F)C1(CC)CCCC1. The van der Waals surface area contributed by atoms with Crippen LogP contribution in [0.5, 0.6) is 0 Å². The Morgan fingerprint density at radius 3 is 2.33 bits per heavy atom. The molecule has 1 aliphatic rings. The minimum Gasteiger partial charge on any atom is -0.309 e. The molecule has 0 spiro atoms. The molecule has 1 N–H and O–H groups in total. The second-order valence-electron chi connectivity index (χ2n) is 6.07. The van der Waals surface area contributed by atoms with Crippen LogP contribution in [0.15, 0.2) is 12.1 Å². The van der Waals surface area contributed by atoms with Crippen LogP contribution in [0.2, 0.25) is 0 Å². The topological polar surface area (TPSA) is 12.0 Å². The van der Waals surface area contributed by atoms with E-state index < -0.39 is 17.5 Å². The zero-order chi connectivity index (χ0) is 15.5. The molecule has 118 valence electrons. The molecule has 0 heterocycles. The van der Waals surface area contributed by atoms with Gasteiger partial charge in [-0.2, -0.15) is 0 Å². The maximum absolute atomic E-state index is 14.2. The van der Waals surface area contributed by atoms with Crippen LogP contribution >= 0.6 is 0 Å². The van der Waals surface area contributed by atoms with E-state index in [2.05, 4.69) is 12.2 Å². The highest BCUT2D eigenvalue weighted by Gasteiger charge is 2.41. The molecule has 1 unspecified atom stereocenters. The Morgan fingerprint density at radius 1 is 1.10 bits per heavy atom. The average molecular weight is 299 g/mol. The van der Waals surface area contributed by atoms with Crippen LogP contribution in [0.25, 0.3) is 0 Å². The Morgan fingerprint density at radius 2 is 1.76 bits per heavy atom. The second-order valence-corrected chi connectivity index (χ2v) is 6.07. The zero-order valence-corrected chi connectivity index (χ0v) is 12.8. The van der Waals surface area contributed by atoms with E-state index in [1.807, 2.05) is 6.92 Å². The summed E-state index contributed by atoms with van der Waals surface area (Å²) in [7, 11) is 0. The Labute approximate surface area is 124 Å². The van der Waals surface area contributed by atoms with Crippen molar-refractivity contribution in [3.05, 3.63) is 35.1 Å². The van der Waals surface area contributed by atoms with Gasteiger partial charge in [-0.05, 0) is 43.7 Å². The molecule has 0 bridgehead atoms. The first kappa shape index (κ1) is 16.3. The molecule has 0 radical (unpaired) electrons. The summed E-state index contributed by atoms with van der Waals surface area (Å²) in [6.45, 7) is 4.88. The molecule has 0 aliphatic heterocycles. The van der Waals surface area contributed by atoms with Crippen molar-refractivity contribution < 1.29 is 13.2 Å². The molecule has 0 saturated heterocycles. The van der Waals surface area contributed by atoms with Gasteiger partial charge in [0.05, 0.1) is 0 Å². The third-order valence-corrected chi connectivity index (χ3v) is 4.89. The van der Waals surface area contributed by atoms with Crippen LogP contribution in [0, 0.1) is 22.9 Å². The van der Waals surface area contributed by atoms with Gasteiger partial charge in [-0.25, -0.2) is 13.2 Å². The monoisotopic (exact) mass is 299 g/mol. The lowest BCUT2D eigenvalue weighted by Crippen LogP contribution is -2.37. The highest BCUT2D eigenvalue weighted by atomic mass is 19.2. The van der Waals surface area contributed by atoms with Crippen molar-refractivity contribution in [2.45, 2.75) is 58.4 Å². The van der Waals surface area contributed by atoms with Crippen molar-refractivity contribution in [1.29, 1.82) is 0 Å². The molecule has 4 heteroatoms. The van der Waals surface area contributed by atoms with Crippen molar-refractivity contribution in [2.24, 2.45) is 5.41 Å². The molecule has 0 amide bonds. The summed E-state index contributed by atoms with van der Waals surface area (Å²) < 4.78 is 41.1. The number of benzene rings is 1. The molecule has 21 heavy (non-hydrogen) atoms. The number of halogens is 3. The fourth-order valence-electron chi connectivity index (χ4n) is 3.63. The van der Waals surface area contributed by atoms with Gasteiger partial charge in [0.25, 0.3) is 0 Å². The first-order valence-corrected chi connectivity index (χ1v) is 7.92. The summed E-state index contributed by atoms with van der Waals surface area (Å²) in [6, 6.07) is 2.18. The standard InChI is InChI=1S/C17H24F3N/c1-3-11-21-16(17(4-2)9-5-6-10-17)12-7-8-13(18)15(20)14(12)19/h7-8,16,21H,3-6,9-11H2,1-2H3. The van der Waals surface area contributed by atoms with Crippen molar-refractivity contribution in [3.63, 3.8) is 0 Å². The van der Waals surface area contributed by atoms with Gasteiger partial charge < -0.3 is 5.32 Å². The van der Waals surface area contributed by atoms with Crippen LogP contribution < -0.4 is 5.32 Å². The van der Waals surface area contributed by atoms with Crippen molar-refractivity contribution >= 4 is 0 Å².